The summed E-state index contributed by atoms with van der Waals surface area (Å²) in [6.45, 7) is 0.789. The summed E-state index contributed by atoms with van der Waals surface area (Å²) in [4.78, 5) is 4.15. The standard InChI is InChI=1S/C7H7ClN2/c8-6-1-2-7-9-3-4-10(7)5-6/h1,3-4H,2,5H2. The smallest absolute Gasteiger partial charge is 0.112 e. The molecule has 0 bridgehead atoms. The Labute approximate surface area is 64.1 Å². The maximum Gasteiger partial charge on any atom is 0.112 e. The molecule has 0 atom stereocenters. The molecule has 0 radical (unpaired) electrons. The van der Waals surface area contributed by atoms with Gasteiger partial charge in [-0.3, -0.25) is 0 Å². The van der Waals surface area contributed by atoms with E-state index in [1.165, 1.54) is 0 Å². The van der Waals surface area contributed by atoms with E-state index in [1.54, 1.807) is 6.20 Å². The highest BCUT2D eigenvalue weighted by Crippen LogP contribution is 2.14. The third kappa shape index (κ3) is 0.847. The molecule has 52 valence electrons. The van der Waals surface area contributed by atoms with Crippen LogP contribution < -0.4 is 0 Å². The zero-order chi connectivity index (χ0) is 6.97. The van der Waals surface area contributed by atoms with E-state index in [9.17, 15) is 0 Å². The fourth-order valence-electron chi connectivity index (χ4n) is 1.10. The molecule has 1 aromatic heterocycles. The summed E-state index contributed by atoms with van der Waals surface area (Å²) >= 11 is 5.81. The van der Waals surface area contributed by atoms with Crippen LogP contribution >= 0.6 is 11.6 Å². The molecule has 2 rings (SSSR count). The molecule has 2 heterocycles. The van der Waals surface area contributed by atoms with Crippen LogP contribution in [0.2, 0.25) is 0 Å². The number of hydrogen-bond acceptors (Lipinski definition) is 1. The highest BCUT2D eigenvalue weighted by Gasteiger charge is 2.07. The first-order valence-electron chi connectivity index (χ1n) is 3.21. The number of imidazole rings is 1. The van der Waals surface area contributed by atoms with Crippen molar-refractivity contribution in [3.63, 3.8) is 0 Å². The Morgan fingerprint density at radius 3 is 3.40 bits per heavy atom. The third-order valence-corrected chi connectivity index (χ3v) is 1.90. The molecule has 1 aliphatic heterocycles. The van der Waals surface area contributed by atoms with E-state index >= 15 is 0 Å². The second-order valence-corrected chi connectivity index (χ2v) is 2.81. The van der Waals surface area contributed by atoms with E-state index in [-0.39, 0.29) is 0 Å². The molecule has 0 aromatic carbocycles. The summed E-state index contributed by atoms with van der Waals surface area (Å²) in [7, 11) is 0. The van der Waals surface area contributed by atoms with Gasteiger partial charge in [0, 0.05) is 23.8 Å². The average Bonchev–Trinajstić information content (AvgIpc) is 2.33. The fourth-order valence-corrected chi connectivity index (χ4v) is 1.31. The fraction of sp³-hybridized carbons (Fsp3) is 0.286. The van der Waals surface area contributed by atoms with Crippen molar-refractivity contribution in [2.24, 2.45) is 0 Å². The van der Waals surface area contributed by atoms with E-state index in [4.69, 9.17) is 11.6 Å². The maximum absolute atomic E-state index is 5.81. The van der Waals surface area contributed by atoms with Crippen molar-refractivity contribution in [1.29, 1.82) is 0 Å². The van der Waals surface area contributed by atoms with Crippen LogP contribution in [0.25, 0.3) is 0 Å². The highest BCUT2D eigenvalue weighted by atomic mass is 35.5. The van der Waals surface area contributed by atoms with Crippen molar-refractivity contribution in [3.8, 4) is 0 Å². The number of halogens is 1. The Balaban J connectivity index is 2.39. The van der Waals surface area contributed by atoms with Gasteiger partial charge in [0.15, 0.2) is 0 Å². The second-order valence-electron chi connectivity index (χ2n) is 2.33. The van der Waals surface area contributed by atoms with E-state index < -0.39 is 0 Å². The molecule has 0 saturated carbocycles. The van der Waals surface area contributed by atoms with Gasteiger partial charge in [0.2, 0.25) is 0 Å². The van der Waals surface area contributed by atoms with Crippen molar-refractivity contribution in [2.45, 2.75) is 13.0 Å². The molecule has 1 aliphatic rings. The minimum absolute atomic E-state index is 0.789. The maximum atomic E-state index is 5.81. The Bertz CT molecular complexity index is 275. The summed E-state index contributed by atoms with van der Waals surface area (Å²) < 4.78 is 2.06. The van der Waals surface area contributed by atoms with Crippen molar-refractivity contribution >= 4 is 11.6 Å². The molecule has 10 heavy (non-hydrogen) atoms. The summed E-state index contributed by atoms with van der Waals surface area (Å²) in [5.41, 5.74) is 0. The minimum Gasteiger partial charge on any atom is -0.329 e. The van der Waals surface area contributed by atoms with Crippen LogP contribution in [0.15, 0.2) is 23.5 Å². The molecule has 2 nitrogen and oxygen atoms in total. The first kappa shape index (κ1) is 5.98. The predicted molar refractivity (Wildman–Crippen MR) is 39.9 cm³/mol. The Morgan fingerprint density at radius 2 is 2.50 bits per heavy atom. The van der Waals surface area contributed by atoms with Crippen LogP contribution in [0.3, 0.4) is 0 Å². The minimum atomic E-state index is 0.789. The van der Waals surface area contributed by atoms with Gasteiger partial charge in [-0.1, -0.05) is 17.7 Å². The van der Waals surface area contributed by atoms with Crippen LogP contribution in [0.1, 0.15) is 5.82 Å². The predicted octanol–water partition coefficient (Wildman–Crippen LogP) is 1.56. The van der Waals surface area contributed by atoms with E-state index in [0.29, 0.717) is 0 Å². The van der Waals surface area contributed by atoms with Gasteiger partial charge in [-0.05, 0) is 0 Å². The summed E-state index contributed by atoms with van der Waals surface area (Å²) in [5, 5.41) is 0.908. The Morgan fingerprint density at radius 1 is 1.60 bits per heavy atom. The molecule has 0 fully saturated rings. The molecule has 0 unspecified atom stereocenters. The second kappa shape index (κ2) is 2.13. The van der Waals surface area contributed by atoms with Gasteiger partial charge in [-0.15, -0.1) is 0 Å². The van der Waals surface area contributed by atoms with Crippen LogP contribution in [0.4, 0.5) is 0 Å². The topological polar surface area (TPSA) is 17.8 Å². The van der Waals surface area contributed by atoms with E-state index in [2.05, 4.69) is 9.55 Å². The Kier molecular flexibility index (Phi) is 1.27. The van der Waals surface area contributed by atoms with Crippen molar-refractivity contribution < 1.29 is 0 Å². The van der Waals surface area contributed by atoms with E-state index in [1.807, 2.05) is 12.3 Å². The normalized spacial score (nSPS) is 16.3. The lowest BCUT2D eigenvalue weighted by molar-refractivity contribution is 0.726. The molecular weight excluding hydrogens is 148 g/mol. The quantitative estimate of drug-likeness (QED) is 0.555. The molecule has 3 heteroatoms. The molecule has 1 aromatic rings. The number of rotatable bonds is 0. The van der Waals surface area contributed by atoms with Crippen molar-refractivity contribution in [3.05, 3.63) is 29.3 Å². The molecular formula is C7H7ClN2. The molecule has 0 aliphatic carbocycles. The molecule has 0 N–H and O–H groups in total. The summed E-state index contributed by atoms with van der Waals surface area (Å²) in [6.07, 6.45) is 6.62. The highest BCUT2D eigenvalue weighted by molar-refractivity contribution is 6.29. The van der Waals surface area contributed by atoms with E-state index in [0.717, 1.165) is 23.8 Å². The van der Waals surface area contributed by atoms with Gasteiger partial charge in [-0.2, -0.15) is 0 Å². The monoisotopic (exact) mass is 154 g/mol. The molecule has 0 spiro atoms. The Hall–Kier alpha value is -0.760. The molecule has 0 saturated heterocycles. The lowest BCUT2D eigenvalue weighted by Crippen LogP contribution is -2.07. The largest absolute Gasteiger partial charge is 0.329 e. The van der Waals surface area contributed by atoms with Crippen LogP contribution in [0, 0.1) is 0 Å². The first-order chi connectivity index (χ1) is 4.86. The average molecular weight is 155 g/mol. The van der Waals surface area contributed by atoms with Gasteiger partial charge in [-0.25, -0.2) is 4.98 Å². The van der Waals surface area contributed by atoms with Gasteiger partial charge in [0.1, 0.15) is 5.82 Å². The zero-order valence-corrected chi connectivity index (χ0v) is 6.17. The van der Waals surface area contributed by atoms with Crippen molar-refractivity contribution in [1.82, 2.24) is 9.55 Å². The first-order valence-corrected chi connectivity index (χ1v) is 3.58. The van der Waals surface area contributed by atoms with Crippen molar-refractivity contribution in [2.75, 3.05) is 0 Å². The third-order valence-electron chi connectivity index (χ3n) is 1.63. The van der Waals surface area contributed by atoms with Crippen LogP contribution in [-0.4, -0.2) is 9.55 Å². The number of aromatic nitrogens is 2. The van der Waals surface area contributed by atoms with Crippen LogP contribution in [0.5, 0.6) is 0 Å². The lowest BCUT2D eigenvalue weighted by Gasteiger charge is -2.10. The molecule has 0 amide bonds. The summed E-state index contributed by atoms with van der Waals surface area (Å²) in [5.74, 6) is 1.10. The van der Waals surface area contributed by atoms with Gasteiger partial charge < -0.3 is 4.57 Å². The summed E-state index contributed by atoms with van der Waals surface area (Å²) in [6, 6.07) is 0. The van der Waals surface area contributed by atoms with Gasteiger partial charge >= 0.3 is 0 Å². The number of fused-ring (bicyclic) bond motifs is 1. The van der Waals surface area contributed by atoms with Gasteiger partial charge in [0.25, 0.3) is 0 Å². The number of hydrogen-bond donors (Lipinski definition) is 0. The van der Waals surface area contributed by atoms with Crippen LogP contribution in [-0.2, 0) is 13.0 Å². The zero-order valence-electron chi connectivity index (χ0n) is 5.42. The SMILES string of the molecule is ClC1=CCc2nccn2C1. The van der Waals surface area contributed by atoms with Gasteiger partial charge in [0.05, 0.1) is 6.54 Å². The lowest BCUT2D eigenvalue weighted by atomic mass is 10.3. The number of nitrogens with zero attached hydrogens (tertiary/aromatic N) is 2. The number of allylic oxidation sites excluding steroid dienone is 2.